The summed E-state index contributed by atoms with van der Waals surface area (Å²) in [5.74, 6) is -0.437. The molecule has 92 valence electrons. The Balaban J connectivity index is 2.56. The lowest BCUT2D eigenvalue weighted by Gasteiger charge is -2.34. The largest absolute Gasteiger partial charge is 0.480 e. The normalized spacial score (nSPS) is 20.1. The van der Waals surface area contributed by atoms with Crippen molar-refractivity contribution in [2.45, 2.75) is 57.5 Å². The Morgan fingerprint density at radius 2 is 2.06 bits per heavy atom. The lowest BCUT2D eigenvalue weighted by Crippen LogP contribution is -2.46. The molecule has 0 aromatic heterocycles. The van der Waals surface area contributed by atoms with Gasteiger partial charge in [0.15, 0.2) is 0 Å². The molecule has 0 aliphatic heterocycles. The second kappa shape index (κ2) is 5.99. The first-order valence-corrected chi connectivity index (χ1v) is 6.02. The van der Waals surface area contributed by atoms with Gasteiger partial charge in [0.2, 0.25) is 0 Å². The van der Waals surface area contributed by atoms with Crippen LogP contribution >= 0.6 is 0 Å². The third-order valence-corrected chi connectivity index (χ3v) is 3.43. The van der Waals surface area contributed by atoms with Crippen LogP contribution < -0.4 is 0 Å². The van der Waals surface area contributed by atoms with Crippen LogP contribution in [0.15, 0.2) is 0 Å². The van der Waals surface area contributed by atoms with Crippen LogP contribution in [-0.4, -0.2) is 40.9 Å². The summed E-state index contributed by atoms with van der Waals surface area (Å²) in [7, 11) is 1.87. The van der Waals surface area contributed by atoms with E-state index >= 15 is 0 Å². The summed E-state index contributed by atoms with van der Waals surface area (Å²) in [4.78, 5) is 24.2. The molecule has 1 aliphatic rings. The van der Waals surface area contributed by atoms with Crippen LogP contribution in [0.1, 0.15) is 45.4 Å². The van der Waals surface area contributed by atoms with E-state index in [2.05, 4.69) is 0 Å². The van der Waals surface area contributed by atoms with Crippen LogP contribution in [0.3, 0.4) is 0 Å². The fourth-order valence-corrected chi connectivity index (χ4v) is 2.36. The molecule has 1 N–H and O–H groups in total. The van der Waals surface area contributed by atoms with Crippen LogP contribution in [0.4, 0.5) is 0 Å². The van der Waals surface area contributed by atoms with E-state index in [0.717, 1.165) is 19.3 Å². The van der Waals surface area contributed by atoms with Gasteiger partial charge in [-0.25, -0.2) is 0 Å². The summed E-state index contributed by atoms with van der Waals surface area (Å²) in [6, 6.07) is -0.145. The molecule has 0 amide bonds. The Morgan fingerprint density at radius 1 is 1.50 bits per heavy atom. The number of hydrogen-bond acceptors (Lipinski definition) is 3. The fourth-order valence-electron chi connectivity index (χ4n) is 2.36. The van der Waals surface area contributed by atoms with Gasteiger partial charge in [0.1, 0.15) is 11.8 Å². The Bertz CT molecular complexity index is 255. The van der Waals surface area contributed by atoms with Crippen molar-refractivity contribution in [2.75, 3.05) is 7.05 Å². The van der Waals surface area contributed by atoms with Crippen molar-refractivity contribution < 1.29 is 14.7 Å². The van der Waals surface area contributed by atoms with Gasteiger partial charge in [-0.2, -0.15) is 0 Å². The van der Waals surface area contributed by atoms with Gasteiger partial charge in [0.25, 0.3) is 0 Å². The van der Waals surface area contributed by atoms with Crippen LogP contribution in [0.5, 0.6) is 0 Å². The number of carbonyl (C=O) groups is 2. The van der Waals surface area contributed by atoms with Crippen LogP contribution in [0.25, 0.3) is 0 Å². The molecule has 0 radical (unpaired) electrons. The molecule has 16 heavy (non-hydrogen) atoms. The molecule has 1 atom stereocenters. The summed E-state index contributed by atoms with van der Waals surface area (Å²) in [6.45, 7) is 1.99. The highest BCUT2D eigenvalue weighted by atomic mass is 16.4. The highest BCUT2D eigenvalue weighted by Crippen LogP contribution is 2.22. The topological polar surface area (TPSA) is 57.6 Å². The van der Waals surface area contributed by atoms with E-state index in [1.165, 1.54) is 0 Å². The second-order valence-corrected chi connectivity index (χ2v) is 4.58. The molecule has 0 aromatic rings. The van der Waals surface area contributed by atoms with E-state index in [-0.39, 0.29) is 6.04 Å². The van der Waals surface area contributed by atoms with E-state index in [9.17, 15) is 9.59 Å². The minimum absolute atomic E-state index is 0.255. The van der Waals surface area contributed by atoms with Crippen LogP contribution in [-0.2, 0) is 9.59 Å². The van der Waals surface area contributed by atoms with Gasteiger partial charge in [0, 0.05) is 18.9 Å². The molecule has 1 fully saturated rings. The number of carbonyl (C=O) groups excluding carboxylic acids is 1. The number of hydrogen-bond donors (Lipinski definition) is 1. The number of likely N-dealkylation sites (N-methyl/N-ethyl adjacent to an activating group) is 1. The minimum atomic E-state index is -0.749. The van der Waals surface area contributed by atoms with Gasteiger partial charge in [-0.1, -0.05) is 13.3 Å². The van der Waals surface area contributed by atoms with Crippen molar-refractivity contribution >= 4 is 11.8 Å². The molecule has 4 heteroatoms. The van der Waals surface area contributed by atoms with Gasteiger partial charge in [-0.3, -0.25) is 14.5 Å². The van der Waals surface area contributed by atoms with Gasteiger partial charge in [-0.05, 0) is 26.3 Å². The zero-order chi connectivity index (χ0) is 12.1. The lowest BCUT2D eigenvalue weighted by atomic mass is 9.92. The van der Waals surface area contributed by atoms with Crippen molar-refractivity contribution in [2.24, 2.45) is 0 Å². The fraction of sp³-hybridized carbons (Fsp3) is 0.833. The van der Waals surface area contributed by atoms with E-state index in [1.807, 2.05) is 18.9 Å². The molecular formula is C12H21NO3. The van der Waals surface area contributed by atoms with Gasteiger partial charge in [-0.15, -0.1) is 0 Å². The maximum Gasteiger partial charge on any atom is 0.320 e. The van der Waals surface area contributed by atoms with E-state index in [0.29, 0.717) is 25.0 Å². The van der Waals surface area contributed by atoms with Crippen LogP contribution in [0.2, 0.25) is 0 Å². The molecule has 0 bridgehead atoms. The third-order valence-electron chi connectivity index (χ3n) is 3.43. The van der Waals surface area contributed by atoms with Crippen molar-refractivity contribution in [3.05, 3.63) is 0 Å². The summed E-state index contributed by atoms with van der Waals surface area (Å²) in [5.41, 5.74) is 0. The van der Waals surface area contributed by atoms with Crippen LogP contribution in [0, 0.1) is 0 Å². The molecule has 1 saturated carbocycles. The molecule has 0 spiro atoms. The number of rotatable bonds is 5. The maximum absolute atomic E-state index is 11.1. The maximum atomic E-state index is 11.1. The van der Waals surface area contributed by atoms with E-state index in [4.69, 9.17) is 5.11 Å². The summed E-state index contributed by atoms with van der Waals surface area (Å²) < 4.78 is 0. The van der Waals surface area contributed by atoms with Gasteiger partial charge in [0.05, 0.1) is 0 Å². The predicted molar refractivity (Wildman–Crippen MR) is 61.4 cm³/mol. The molecule has 1 aliphatic carbocycles. The van der Waals surface area contributed by atoms with Gasteiger partial charge >= 0.3 is 5.97 Å². The zero-order valence-corrected chi connectivity index (χ0v) is 10.1. The first-order valence-electron chi connectivity index (χ1n) is 6.02. The van der Waals surface area contributed by atoms with Crippen molar-refractivity contribution in [1.82, 2.24) is 4.90 Å². The number of nitrogens with zero attached hydrogens (tertiary/aromatic N) is 1. The molecule has 0 heterocycles. The van der Waals surface area contributed by atoms with Gasteiger partial charge < -0.3 is 5.11 Å². The predicted octanol–water partition coefficient (Wildman–Crippen LogP) is 1.68. The molecule has 0 aromatic carbocycles. The minimum Gasteiger partial charge on any atom is -0.480 e. The second-order valence-electron chi connectivity index (χ2n) is 4.58. The lowest BCUT2D eigenvalue weighted by molar-refractivity contribution is -0.144. The van der Waals surface area contributed by atoms with E-state index < -0.39 is 12.0 Å². The monoisotopic (exact) mass is 227 g/mol. The Kier molecular flexibility index (Phi) is 4.93. The number of Topliss-reactive ketones (excluding diaryl/α,β-unsaturated/α-hetero) is 1. The first-order chi connectivity index (χ1) is 7.56. The number of carboxylic acid groups (broad SMARTS) is 1. The van der Waals surface area contributed by atoms with E-state index in [1.54, 1.807) is 0 Å². The first kappa shape index (κ1) is 13.2. The summed E-state index contributed by atoms with van der Waals surface area (Å²) in [6.07, 6.45) is 4.37. The molecular weight excluding hydrogens is 206 g/mol. The SMILES string of the molecule is CCCC(C(=O)O)N(C)C1CCC(=O)CC1. The molecule has 1 rings (SSSR count). The average molecular weight is 227 g/mol. The van der Waals surface area contributed by atoms with Crippen molar-refractivity contribution in [3.8, 4) is 0 Å². The summed E-state index contributed by atoms with van der Waals surface area (Å²) in [5, 5.41) is 9.15. The molecule has 0 saturated heterocycles. The average Bonchev–Trinajstić information content (AvgIpc) is 2.25. The molecule has 1 unspecified atom stereocenters. The zero-order valence-electron chi connectivity index (χ0n) is 10.1. The number of carboxylic acids is 1. The standard InChI is InChI=1S/C12H21NO3/c1-3-4-11(12(15)16)13(2)9-5-7-10(14)8-6-9/h9,11H,3-8H2,1-2H3,(H,15,16). The summed E-state index contributed by atoms with van der Waals surface area (Å²) >= 11 is 0. The smallest absolute Gasteiger partial charge is 0.320 e. The van der Waals surface area contributed by atoms with Crippen molar-refractivity contribution in [1.29, 1.82) is 0 Å². The Labute approximate surface area is 96.6 Å². The highest BCUT2D eigenvalue weighted by Gasteiger charge is 2.30. The Morgan fingerprint density at radius 3 is 2.50 bits per heavy atom. The quantitative estimate of drug-likeness (QED) is 0.776. The highest BCUT2D eigenvalue weighted by molar-refractivity contribution is 5.79. The molecule has 4 nitrogen and oxygen atoms in total. The third kappa shape index (κ3) is 3.30. The number of ketones is 1. The Hall–Kier alpha value is -0.900. The van der Waals surface area contributed by atoms with Crippen molar-refractivity contribution in [3.63, 3.8) is 0 Å². The number of aliphatic carboxylic acids is 1.